The van der Waals surface area contributed by atoms with Crippen molar-refractivity contribution in [1.29, 1.82) is 0 Å². The van der Waals surface area contributed by atoms with Gasteiger partial charge < -0.3 is 10.0 Å². The van der Waals surface area contributed by atoms with Gasteiger partial charge in [0.2, 0.25) is 0 Å². The topological polar surface area (TPSA) is 40.5 Å². The molecule has 106 valence electrons. The van der Waals surface area contributed by atoms with Crippen LogP contribution in [-0.2, 0) is 0 Å². The van der Waals surface area contributed by atoms with E-state index in [0.29, 0.717) is 6.42 Å². The zero-order valence-electron chi connectivity index (χ0n) is 11.4. The number of rotatable bonds is 9. The molecule has 1 rings (SSSR count). The van der Waals surface area contributed by atoms with E-state index >= 15 is 0 Å². The van der Waals surface area contributed by atoms with Crippen molar-refractivity contribution in [3.8, 4) is 0 Å². The van der Waals surface area contributed by atoms with Crippen LogP contribution in [0.5, 0.6) is 0 Å². The lowest BCUT2D eigenvalue weighted by molar-refractivity contribution is 0.0968. The highest BCUT2D eigenvalue weighted by Crippen LogP contribution is 2.17. The van der Waals surface area contributed by atoms with Crippen molar-refractivity contribution >= 4 is 21.7 Å². The molecule has 0 bridgehead atoms. The molecule has 0 fully saturated rings. The lowest BCUT2D eigenvalue weighted by atomic mass is 10.1. The normalized spacial score (nSPS) is 10.9. The molecule has 0 aromatic heterocycles. The summed E-state index contributed by atoms with van der Waals surface area (Å²) in [6.07, 6.45) is 3.52. The summed E-state index contributed by atoms with van der Waals surface area (Å²) in [5.74, 6) is 0.176. The number of carbonyl (C=O) groups is 1. The van der Waals surface area contributed by atoms with Gasteiger partial charge in [-0.05, 0) is 38.9 Å². The molecule has 1 aromatic rings. The van der Waals surface area contributed by atoms with E-state index in [0.717, 1.165) is 42.4 Å². The zero-order valence-corrected chi connectivity index (χ0v) is 13.0. The monoisotopic (exact) mass is 327 g/mol. The maximum atomic E-state index is 12.1. The molecule has 0 aliphatic rings. The number of hydrogen-bond acceptors (Lipinski definition) is 3. The number of carbonyl (C=O) groups excluding carboxylic acids is 1. The molecule has 0 spiro atoms. The van der Waals surface area contributed by atoms with Crippen molar-refractivity contribution < 1.29 is 9.90 Å². The van der Waals surface area contributed by atoms with Gasteiger partial charge in [0.1, 0.15) is 0 Å². The fourth-order valence-electron chi connectivity index (χ4n) is 1.90. The maximum absolute atomic E-state index is 12.1. The van der Waals surface area contributed by atoms with Crippen LogP contribution in [0.3, 0.4) is 0 Å². The van der Waals surface area contributed by atoms with Crippen LogP contribution in [0.1, 0.15) is 36.0 Å². The minimum Gasteiger partial charge on any atom is -0.396 e. The second-order valence-corrected chi connectivity index (χ2v) is 5.59. The van der Waals surface area contributed by atoms with Gasteiger partial charge in [-0.3, -0.25) is 4.79 Å². The first kappa shape index (κ1) is 16.3. The van der Waals surface area contributed by atoms with Crippen molar-refractivity contribution in [1.82, 2.24) is 4.90 Å². The number of aliphatic hydroxyl groups is 1. The fraction of sp³-hybridized carbons (Fsp3) is 0.533. The van der Waals surface area contributed by atoms with Crippen LogP contribution in [0.15, 0.2) is 28.7 Å². The third-order valence-electron chi connectivity index (χ3n) is 3.09. The highest BCUT2D eigenvalue weighted by atomic mass is 79.9. The van der Waals surface area contributed by atoms with E-state index in [1.165, 1.54) is 0 Å². The molecule has 0 aliphatic carbocycles. The quantitative estimate of drug-likeness (QED) is 0.559. The van der Waals surface area contributed by atoms with Crippen molar-refractivity contribution in [2.75, 3.05) is 26.7 Å². The summed E-state index contributed by atoms with van der Waals surface area (Å²) in [5.41, 5.74) is 0.760. The van der Waals surface area contributed by atoms with Gasteiger partial charge in [-0.15, -0.1) is 0 Å². The minimum atomic E-state index is 0.176. The molecule has 0 unspecified atom stereocenters. The molecule has 0 heterocycles. The van der Waals surface area contributed by atoms with Crippen LogP contribution >= 0.6 is 15.9 Å². The highest BCUT2D eigenvalue weighted by Gasteiger charge is 2.10. The first-order valence-corrected chi connectivity index (χ1v) is 7.51. The SMILES string of the molecule is CN(CCCCCO)CCC(=O)c1ccccc1Br. The Morgan fingerprint density at radius 1 is 1.21 bits per heavy atom. The van der Waals surface area contributed by atoms with E-state index < -0.39 is 0 Å². The minimum absolute atomic E-state index is 0.176. The van der Waals surface area contributed by atoms with E-state index in [9.17, 15) is 4.79 Å². The van der Waals surface area contributed by atoms with E-state index in [-0.39, 0.29) is 12.4 Å². The Morgan fingerprint density at radius 3 is 2.63 bits per heavy atom. The summed E-state index contributed by atoms with van der Waals surface area (Å²) in [4.78, 5) is 14.2. The third kappa shape index (κ3) is 6.32. The predicted molar refractivity (Wildman–Crippen MR) is 81.5 cm³/mol. The molecule has 0 atom stereocenters. The van der Waals surface area contributed by atoms with Crippen LogP contribution in [0, 0.1) is 0 Å². The van der Waals surface area contributed by atoms with Gasteiger partial charge in [-0.1, -0.05) is 34.1 Å². The van der Waals surface area contributed by atoms with Gasteiger partial charge in [0.25, 0.3) is 0 Å². The van der Waals surface area contributed by atoms with Gasteiger partial charge in [-0.25, -0.2) is 0 Å². The number of nitrogens with zero attached hydrogens (tertiary/aromatic N) is 1. The number of halogens is 1. The molecule has 0 aliphatic heterocycles. The Morgan fingerprint density at radius 2 is 1.95 bits per heavy atom. The summed E-state index contributed by atoms with van der Waals surface area (Å²) in [5, 5.41) is 8.70. The lowest BCUT2D eigenvalue weighted by Crippen LogP contribution is -2.23. The molecule has 0 radical (unpaired) electrons. The molecular formula is C15H22BrNO2. The molecule has 19 heavy (non-hydrogen) atoms. The number of ketones is 1. The number of unbranched alkanes of at least 4 members (excludes halogenated alkanes) is 2. The maximum Gasteiger partial charge on any atom is 0.165 e. The van der Waals surface area contributed by atoms with Crippen LogP contribution in [0.2, 0.25) is 0 Å². The molecule has 0 amide bonds. The van der Waals surface area contributed by atoms with Crippen molar-refractivity contribution in [2.24, 2.45) is 0 Å². The van der Waals surface area contributed by atoms with E-state index in [1.807, 2.05) is 31.3 Å². The van der Waals surface area contributed by atoms with Crippen LogP contribution < -0.4 is 0 Å². The van der Waals surface area contributed by atoms with E-state index in [2.05, 4.69) is 20.8 Å². The van der Waals surface area contributed by atoms with E-state index in [1.54, 1.807) is 0 Å². The smallest absolute Gasteiger partial charge is 0.165 e. The Balaban J connectivity index is 2.28. The van der Waals surface area contributed by atoms with Crippen LogP contribution in [0.4, 0.5) is 0 Å². The molecule has 4 heteroatoms. The van der Waals surface area contributed by atoms with Crippen molar-refractivity contribution in [3.63, 3.8) is 0 Å². The molecular weight excluding hydrogens is 306 g/mol. The Labute approximate surface area is 123 Å². The number of aliphatic hydroxyl groups excluding tert-OH is 1. The van der Waals surface area contributed by atoms with Gasteiger partial charge >= 0.3 is 0 Å². The summed E-state index contributed by atoms with van der Waals surface area (Å²) < 4.78 is 0.866. The average Bonchev–Trinajstić information content (AvgIpc) is 2.41. The van der Waals surface area contributed by atoms with E-state index in [4.69, 9.17) is 5.11 Å². The molecule has 1 N–H and O–H groups in total. The van der Waals surface area contributed by atoms with Gasteiger partial charge in [0, 0.05) is 29.6 Å². The second kappa shape index (κ2) is 9.23. The molecule has 0 saturated heterocycles. The largest absolute Gasteiger partial charge is 0.396 e. The highest BCUT2D eigenvalue weighted by molar-refractivity contribution is 9.10. The van der Waals surface area contributed by atoms with Gasteiger partial charge in [-0.2, -0.15) is 0 Å². The predicted octanol–water partition coefficient (Wildman–Crippen LogP) is 3.12. The third-order valence-corrected chi connectivity index (χ3v) is 3.78. The second-order valence-electron chi connectivity index (χ2n) is 4.74. The van der Waals surface area contributed by atoms with Crippen molar-refractivity contribution in [2.45, 2.75) is 25.7 Å². The first-order chi connectivity index (χ1) is 9.15. The van der Waals surface area contributed by atoms with Crippen LogP contribution in [0.25, 0.3) is 0 Å². The van der Waals surface area contributed by atoms with Crippen LogP contribution in [-0.4, -0.2) is 42.5 Å². The lowest BCUT2D eigenvalue weighted by Gasteiger charge is -2.16. The number of Topliss-reactive ketones (excluding diaryl/α,β-unsaturated/α-hetero) is 1. The van der Waals surface area contributed by atoms with Gasteiger partial charge in [0.15, 0.2) is 5.78 Å². The Hall–Kier alpha value is -0.710. The summed E-state index contributed by atoms with van der Waals surface area (Å²) in [6.45, 7) is 2.02. The average molecular weight is 328 g/mol. The summed E-state index contributed by atoms with van der Waals surface area (Å²) >= 11 is 3.40. The summed E-state index contributed by atoms with van der Waals surface area (Å²) in [7, 11) is 2.03. The van der Waals surface area contributed by atoms with Crippen molar-refractivity contribution in [3.05, 3.63) is 34.3 Å². The number of hydrogen-bond donors (Lipinski definition) is 1. The summed E-state index contributed by atoms with van der Waals surface area (Å²) in [6, 6.07) is 7.55. The zero-order chi connectivity index (χ0) is 14.1. The fourth-order valence-corrected chi connectivity index (χ4v) is 2.40. The standard InChI is InChI=1S/C15H22BrNO2/c1-17(10-5-2-6-12-18)11-9-15(19)13-7-3-4-8-14(13)16/h3-4,7-8,18H,2,5-6,9-12H2,1H3. The molecule has 3 nitrogen and oxygen atoms in total. The number of benzene rings is 1. The molecule has 0 saturated carbocycles. The Kier molecular flexibility index (Phi) is 7.94. The first-order valence-electron chi connectivity index (χ1n) is 6.72. The Bertz CT molecular complexity index is 395. The van der Waals surface area contributed by atoms with Gasteiger partial charge in [0.05, 0.1) is 0 Å². The molecule has 1 aromatic carbocycles.